The molecule has 0 bridgehead atoms. The summed E-state index contributed by atoms with van der Waals surface area (Å²) < 4.78 is 21.0. The second-order valence-corrected chi connectivity index (χ2v) is 9.55. The number of para-hydroxylation sites is 2. The van der Waals surface area contributed by atoms with Gasteiger partial charge in [0.05, 0.1) is 35.6 Å². The number of fused-ring (bicyclic) bond motifs is 1. The van der Waals surface area contributed by atoms with Gasteiger partial charge in [-0.05, 0) is 67.4 Å². The number of halogens is 2. The van der Waals surface area contributed by atoms with E-state index in [2.05, 4.69) is 33.0 Å². The van der Waals surface area contributed by atoms with Gasteiger partial charge in [-0.1, -0.05) is 35.9 Å². The van der Waals surface area contributed by atoms with Crippen molar-refractivity contribution in [3.05, 3.63) is 89.0 Å². The van der Waals surface area contributed by atoms with Crippen molar-refractivity contribution in [1.29, 1.82) is 0 Å². The van der Waals surface area contributed by atoms with Crippen LogP contribution in [0.3, 0.4) is 0 Å². The second kappa shape index (κ2) is 10.7. The van der Waals surface area contributed by atoms with Crippen LogP contribution >= 0.6 is 11.6 Å². The number of hydrogen-bond acceptors (Lipinski definition) is 4. The van der Waals surface area contributed by atoms with E-state index in [0.29, 0.717) is 25.3 Å². The van der Waals surface area contributed by atoms with Crippen molar-refractivity contribution in [2.24, 2.45) is 5.92 Å². The number of aromatic nitrogens is 2. The molecule has 1 saturated heterocycles. The molecule has 36 heavy (non-hydrogen) atoms. The third kappa shape index (κ3) is 5.37. The lowest BCUT2D eigenvalue weighted by Gasteiger charge is -2.31. The summed E-state index contributed by atoms with van der Waals surface area (Å²) in [6.07, 6.45) is 1.72. The van der Waals surface area contributed by atoms with E-state index >= 15 is 0 Å². The third-order valence-corrected chi connectivity index (χ3v) is 6.95. The number of piperidine rings is 1. The zero-order chi connectivity index (χ0) is 25.1. The van der Waals surface area contributed by atoms with Crippen LogP contribution in [0.1, 0.15) is 24.2 Å². The van der Waals surface area contributed by atoms with Gasteiger partial charge in [0.1, 0.15) is 17.4 Å². The second-order valence-electron chi connectivity index (χ2n) is 9.14. The average molecular weight is 507 g/mol. The quantitative estimate of drug-likeness (QED) is 0.347. The molecule has 2 heterocycles. The Kier molecular flexibility index (Phi) is 7.20. The summed E-state index contributed by atoms with van der Waals surface area (Å²) in [4.78, 5) is 20.2. The third-order valence-electron chi connectivity index (χ3n) is 6.66. The topological polar surface area (TPSA) is 59.4 Å². The molecule has 1 aliphatic heterocycles. The molecular weight excluding hydrogens is 479 g/mol. The van der Waals surface area contributed by atoms with Crippen molar-refractivity contribution in [3.63, 3.8) is 0 Å². The van der Waals surface area contributed by atoms with Crippen LogP contribution in [0.5, 0.6) is 5.75 Å². The van der Waals surface area contributed by atoms with Gasteiger partial charge in [0, 0.05) is 18.8 Å². The number of methoxy groups -OCH3 is 1. The number of benzene rings is 3. The average Bonchev–Trinajstić information content (AvgIpc) is 3.23. The van der Waals surface area contributed by atoms with Crippen LogP contribution < -0.4 is 10.1 Å². The standard InChI is InChI=1S/C28H28ClFN4O2/c1-36-22-11-8-19(9-12-22)16-34-26-7-3-2-6-25(26)32-27(34)18-33-14-4-5-20(17-33)28(35)31-21-10-13-24(30)23(29)15-21/h2-3,6-13,15,20H,4-5,14,16-18H2,1H3,(H,31,35)/t20-/m0/s1. The van der Waals surface area contributed by atoms with E-state index in [4.69, 9.17) is 21.3 Å². The summed E-state index contributed by atoms with van der Waals surface area (Å²) in [5.41, 5.74) is 3.71. The largest absolute Gasteiger partial charge is 0.497 e. The van der Waals surface area contributed by atoms with Crippen molar-refractivity contribution < 1.29 is 13.9 Å². The zero-order valence-corrected chi connectivity index (χ0v) is 20.8. The predicted octanol–water partition coefficient (Wildman–Crippen LogP) is 5.74. The number of imidazole rings is 1. The van der Waals surface area contributed by atoms with Gasteiger partial charge in [-0.3, -0.25) is 9.69 Å². The minimum atomic E-state index is -0.504. The Morgan fingerprint density at radius 1 is 1.14 bits per heavy atom. The van der Waals surface area contributed by atoms with E-state index in [-0.39, 0.29) is 16.8 Å². The number of nitrogens with zero attached hydrogens (tertiary/aromatic N) is 3. The maximum Gasteiger partial charge on any atom is 0.228 e. The summed E-state index contributed by atoms with van der Waals surface area (Å²) >= 11 is 5.87. The first-order chi connectivity index (χ1) is 17.5. The smallest absolute Gasteiger partial charge is 0.228 e. The minimum absolute atomic E-state index is 0.00571. The van der Waals surface area contributed by atoms with Crippen molar-refractivity contribution in [1.82, 2.24) is 14.5 Å². The summed E-state index contributed by atoms with van der Waals surface area (Å²) in [6.45, 7) is 2.88. The van der Waals surface area contributed by atoms with Gasteiger partial charge in [0.25, 0.3) is 0 Å². The van der Waals surface area contributed by atoms with Gasteiger partial charge < -0.3 is 14.6 Å². The molecule has 0 aliphatic carbocycles. The van der Waals surface area contributed by atoms with E-state index in [1.165, 1.54) is 18.2 Å². The lowest BCUT2D eigenvalue weighted by molar-refractivity contribution is -0.121. The van der Waals surface area contributed by atoms with Crippen molar-refractivity contribution in [2.45, 2.75) is 25.9 Å². The van der Waals surface area contributed by atoms with Gasteiger partial charge in [0.2, 0.25) is 5.91 Å². The van der Waals surface area contributed by atoms with Crippen LogP contribution in [0.4, 0.5) is 10.1 Å². The highest BCUT2D eigenvalue weighted by molar-refractivity contribution is 6.31. The highest BCUT2D eigenvalue weighted by Gasteiger charge is 2.27. The number of anilines is 1. The van der Waals surface area contributed by atoms with E-state index in [1.807, 2.05) is 30.3 Å². The van der Waals surface area contributed by atoms with Crippen molar-refractivity contribution >= 4 is 34.2 Å². The monoisotopic (exact) mass is 506 g/mol. The summed E-state index contributed by atoms with van der Waals surface area (Å²) in [6, 6.07) is 20.5. The molecule has 1 fully saturated rings. The number of rotatable bonds is 7. The van der Waals surface area contributed by atoms with Gasteiger partial charge >= 0.3 is 0 Å². The van der Waals surface area contributed by atoms with Gasteiger partial charge in [-0.2, -0.15) is 0 Å². The summed E-state index contributed by atoms with van der Waals surface area (Å²) in [7, 11) is 1.66. The van der Waals surface area contributed by atoms with Crippen LogP contribution in [-0.2, 0) is 17.9 Å². The first-order valence-electron chi connectivity index (χ1n) is 12.1. The fourth-order valence-electron chi connectivity index (χ4n) is 4.77. The number of carbonyl (C=O) groups excluding carboxylic acids is 1. The lowest BCUT2D eigenvalue weighted by atomic mass is 9.97. The molecule has 1 N–H and O–H groups in total. The van der Waals surface area contributed by atoms with Gasteiger partial charge in [-0.25, -0.2) is 9.37 Å². The molecule has 1 aliphatic rings. The maximum absolute atomic E-state index is 13.5. The number of ether oxygens (including phenoxy) is 1. The van der Waals surface area contributed by atoms with Crippen LogP contribution in [0.25, 0.3) is 11.0 Å². The molecule has 8 heteroatoms. The molecule has 1 aromatic heterocycles. The highest BCUT2D eigenvalue weighted by atomic mass is 35.5. The lowest BCUT2D eigenvalue weighted by Crippen LogP contribution is -2.40. The van der Waals surface area contributed by atoms with E-state index in [1.54, 1.807) is 7.11 Å². The number of likely N-dealkylation sites (tertiary alicyclic amines) is 1. The maximum atomic E-state index is 13.5. The molecule has 0 unspecified atom stereocenters. The Morgan fingerprint density at radius 2 is 1.94 bits per heavy atom. The molecule has 186 valence electrons. The van der Waals surface area contributed by atoms with E-state index in [9.17, 15) is 9.18 Å². The minimum Gasteiger partial charge on any atom is -0.497 e. The molecular formula is C28H28ClFN4O2. The Balaban J connectivity index is 1.32. The van der Waals surface area contributed by atoms with E-state index < -0.39 is 5.82 Å². The fourth-order valence-corrected chi connectivity index (χ4v) is 4.95. The van der Waals surface area contributed by atoms with Crippen molar-refractivity contribution in [3.8, 4) is 5.75 Å². The SMILES string of the molecule is COc1ccc(Cn2c(CN3CCC[C@H](C(=O)Nc4ccc(F)c(Cl)c4)C3)nc3ccccc32)cc1. The highest BCUT2D eigenvalue weighted by Crippen LogP contribution is 2.25. The van der Waals surface area contributed by atoms with Gasteiger partial charge in [-0.15, -0.1) is 0 Å². The Hall–Kier alpha value is -3.42. The molecule has 4 aromatic rings. The van der Waals surface area contributed by atoms with Crippen LogP contribution in [-0.4, -0.2) is 40.6 Å². The normalized spacial score (nSPS) is 16.2. The predicted molar refractivity (Wildman–Crippen MR) is 140 cm³/mol. The molecule has 5 rings (SSSR count). The summed E-state index contributed by atoms with van der Waals surface area (Å²) in [5.74, 6) is 1.06. The Morgan fingerprint density at radius 3 is 2.72 bits per heavy atom. The van der Waals surface area contributed by atoms with Gasteiger partial charge in [0.15, 0.2) is 0 Å². The zero-order valence-electron chi connectivity index (χ0n) is 20.1. The number of nitrogens with one attached hydrogen (secondary N) is 1. The first-order valence-corrected chi connectivity index (χ1v) is 12.4. The summed E-state index contributed by atoms with van der Waals surface area (Å²) in [5, 5.41) is 2.89. The molecule has 3 aromatic carbocycles. The van der Waals surface area contributed by atoms with Crippen LogP contribution in [0.2, 0.25) is 5.02 Å². The number of amides is 1. The molecule has 0 spiro atoms. The van der Waals surface area contributed by atoms with Crippen molar-refractivity contribution in [2.75, 3.05) is 25.5 Å². The van der Waals surface area contributed by atoms with Crippen LogP contribution in [0, 0.1) is 11.7 Å². The molecule has 0 radical (unpaired) electrons. The molecule has 0 saturated carbocycles. The molecule has 1 amide bonds. The number of hydrogen-bond donors (Lipinski definition) is 1. The molecule has 1 atom stereocenters. The Bertz CT molecular complexity index is 1370. The van der Waals surface area contributed by atoms with Crippen LogP contribution in [0.15, 0.2) is 66.7 Å². The van der Waals surface area contributed by atoms with E-state index in [0.717, 1.165) is 47.6 Å². The fraction of sp³-hybridized carbons (Fsp3) is 0.286. The first kappa shape index (κ1) is 24.3. The number of carbonyl (C=O) groups is 1. The molecule has 6 nitrogen and oxygen atoms in total. The Labute approximate surface area is 214 Å².